The van der Waals surface area contributed by atoms with Gasteiger partial charge in [-0.25, -0.2) is 8.42 Å². The molecule has 6 nitrogen and oxygen atoms in total. The van der Waals surface area contributed by atoms with E-state index in [1.807, 2.05) is 31.2 Å². The minimum absolute atomic E-state index is 0.0731. The molecule has 172 valence electrons. The van der Waals surface area contributed by atoms with E-state index < -0.39 is 22.0 Å². The molecule has 0 aliphatic carbocycles. The third-order valence-corrected chi connectivity index (χ3v) is 8.20. The summed E-state index contributed by atoms with van der Waals surface area (Å²) in [6, 6.07) is 15.8. The number of benzene rings is 3. The molecule has 0 spiro atoms. The largest absolute Gasteiger partial charge is 0.495 e. The highest BCUT2D eigenvalue weighted by molar-refractivity contribution is 7.89. The maximum absolute atomic E-state index is 13.6. The Morgan fingerprint density at radius 2 is 1.73 bits per heavy atom. The summed E-state index contributed by atoms with van der Waals surface area (Å²) in [4.78, 5) is 13.5. The number of amides is 1. The molecule has 9 heteroatoms. The summed E-state index contributed by atoms with van der Waals surface area (Å²) in [5.74, 6) is -0.0654. The molecule has 33 heavy (non-hydrogen) atoms. The number of carbonyl (C=O) groups is 1. The van der Waals surface area contributed by atoms with Crippen LogP contribution in [0.5, 0.6) is 5.75 Å². The van der Waals surface area contributed by atoms with Gasteiger partial charge in [-0.05, 0) is 60.4 Å². The monoisotopic (exact) mass is 504 g/mol. The van der Waals surface area contributed by atoms with E-state index in [0.717, 1.165) is 16.7 Å². The van der Waals surface area contributed by atoms with Gasteiger partial charge in [0.15, 0.2) is 0 Å². The molecular weight excluding hydrogens is 483 g/mol. The van der Waals surface area contributed by atoms with Crippen LogP contribution in [-0.2, 0) is 27.8 Å². The maximum atomic E-state index is 13.6. The molecule has 0 saturated carbocycles. The van der Waals surface area contributed by atoms with Crippen LogP contribution in [0.2, 0.25) is 10.0 Å². The van der Waals surface area contributed by atoms with Crippen molar-refractivity contribution in [2.45, 2.75) is 30.8 Å². The molecule has 3 aromatic carbocycles. The predicted molar refractivity (Wildman–Crippen MR) is 129 cm³/mol. The van der Waals surface area contributed by atoms with E-state index in [-0.39, 0.29) is 17.9 Å². The number of sulfonamides is 1. The van der Waals surface area contributed by atoms with Crippen LogP contribution in [0, 0.1) is 6.92 Å². The number of aryl methyl sites for hydroxylation is 1. The average Bonchev–Trinajstić information content (AvgIpc) is 2.80. The second-order valence-electron chi connectivity index (χ2n) is 7.78. The van der Waals surface area contributed by atoms with Crippen LogP contribution in [0.1, 0.15) is 16.7 Å². The summed E-state index contributed by atoms with van der Waals surface area (Å²) in [5.41, 5.74) is 2.97. The lowest BCUT2D eigenvalue weighted by atomic mass is 9.95. The number of nitrogens with one attached hydrogen (secondary N) is 1. The molecule has 0 aromatic heterocycles. The van der Waals surface area contributed by atoms with Gasteiger partial charge < -0.3 is 10.1 Å². The van der Waals surface area contributed by atoms with Gasteiger partial charge in [-0.3, -0.25) is 4.79 Å². The Kier molecular flexibility index (Phi) is 6.68. The first kappa shape index (κ1) is 23.6. The molecule has 1 aliphatic heterocycles. The van der Waals surface area contributed by atoms with Crippen LogP contribution in [0.25, 0.3) is 0 Å². The van der Waals surface area contributed by atoms with Gasteiger partial charge in [0.1, 0.15) is 11.8 Å². The second kappa shape index (κ2) is 9.35. The van der Waals surface area contributed by atoms with Crippen LogP contribution in [0.4, 0.5) is 5.69 Å². The molecule has 1 amide bonds. The molecular formula is C24H22Cl2N2O4S. The van der Waals surface area contributed by atoms with Crippen molar-refractivity contribution in [3.63, 3.8) is 0 Å². The zero-order valence-electron chi connectivity index (χ0n) is 18.0. The van der Waals surface area contributed by atoms with Crippen LogP contribution in [-0.4, -0.2) is 31.8 Å². The Bertz CT molecular complexity index is 1310. The van der Waals surface area contributed by atoms with E-state index in [1.54, 1.807) is 12.1 Å². The molecule has 1 atom stereocenters. The van der Waals surface area contributed by atoms with Crippen LogP contribution >= 0.6 is 23.2 Å². The zero-order chi connectivity index (χ0) is 23.8. The van der Waals surface area contributed by atoms with E-state index in [1.165, 1.54) is 35.7 Å². The molecule has 1 heterocycles. The fourth-order valence-electron chi connectivity index (χ4n) is 3.86. The van der Waals surface area contributed by atoms with E-state index in [2.05, 4.69) is 5.32 Å². The van der Waals surface area contributed by atoms with Crippen molar-refractivity contribution in [3.05, 3.63) is 87.4 Å². The van der Waals surface area contributed by atoms with Crippen molar-refractivity contribution in [1.29, 1.82) is 0 Å². The SMILES string of the molecule is COc1cc(Cl)c(C)cc1NC(=O)[C@@H]1Cc2ccccc2CN1S(=O)(=O)c1ccc(Cl)cc1. The molecule has 0 bridgehead atoms. The Hall–Kier alpha value is -2.58. The average molecular weight is 505 g/mol. The number of carbonyl (C=O) groups excluding carboxylic acids is 1. The molecule has 1 aliphatic rings. The first-order chi connectivity index (χ1) is 15.7. The third-order valence-electron chi connectivity index (χ3n) is 5.67. The first-order valence-electron chi connectivity index (χ1n) is 10.2. The van der Waals surface area contributed by atoms with Gasteiger partial charge in [0.2, 0.25) is 15.9 Å². The summed E-state index contributed by atoms with van der Waals surface area (Å²) in [5, 5.41) is 3.77. The normalized spacial score (nSPS) is 16.2. The van der Waals surface area contributed by atoms with Crippen molar-refractivity contribution in [2.75, 3.05) is 12.4 Å². The molecule has 0 fully saturated rings. The van der Waals surface area contributed by atoms with Gasteiger partial charge in [-0.1, -0.05) is 47.5 Å². The smallest absolute Gasteiger partial charge is 0.244 e. The van der Waals surface area contributed by atoms with Gasteiger partial charge in [0, 0.05) is 22.7 Å². The van der Waals surface area contributed by atoms with Crippen molar-refractivity contribution in [1.82, 2.24) is 4.31 Å². The number of hydrogen-bond donors (Lipinski definition) is 1. The van der Waals surface area contributed by atoms with Crippen LogP contribution in [0.15, 0.2) is 65.6 Å². The van der Waals surface area contributed by atoms with E-state index in [4.69, 9.17) is 27.9 Å². The fourth-order valence-corrected chi connectivity index (χ4v) is 5.71. The standard InChI is InChI=1S/C24H22Cl2N2O4S/c1-15-11-21(23(32-2)13-20(15)26)27-24(29)22-12-16-5-3-4-6-17(16)14-28(22)33(30,31)19-9-7-18(25)8-10-19/h3-11,13,22H,12,14H2,1-2H3,(H,27,29)/t22-/m0/s1. The molecule has 0 radical (unpaired) electrons. The molecule has 0 unspecified atom stereocenters. The number of nitrogens with zero attached hydrogens (tertiary/aromatic N) is 1. The Balaban J connectivity index is 1.73. The number of ether oxygens (including phenoxy) is 1. The van der Waals surface area contributed by atoms with Crippen LogP contribution in [0.3, 0.4) is 0 Å². The van der Waals surface area contributed by atoms with E-state index in [0.29, 0.717) is 21.5 Å². The summed E-state index contributed by atoms with van der Waals surface area (Å²) in [6.45, 7) is 1.89. The molecule has 3 aromatic rings. The van der Waals surface area contributed by atoms with Gasteiger partial charge in [0.05, 0.1) is 17.7 Å². The maximum Gasteiger partial charge on any atom is 0.244 e. The Labute approximate surface area is 203 Å². The summed E-state index contributed by atoms with van der Waals surface area (Å²) in [7, 11) is -2.50. The number of halogens is 2. The number of rotatable bonds is 5. The van der Waals surface area contributed by atoms with Crippen LogP contribution < -0.4 is 10.1 Å². The lowest BCUT2D eigenvalue weighted by Crippen LogP contribution is -2.50. The topological polar surface area (TPSA) is 75.7 Å². The highest BCUT2D eigenvalue weighted by Gasteiger charge is 2.39. The fraction of sp³-hybridized carbons (Fsp3) is 0.208. The van der Waals surface area contributed by atoms with E-state index >= 15 is 0 Å². The minimum atomic E-state index is -3.98. The van der Waals surface area contributed by atoms with Crippen molar-refractivity contribution >= 4 is 44.8 Å². The molecule has 1 N–H and O–H groups in total. The highest BCUT2D eigenvalue weighted by Crippen LogP contribution is 2.33. The van der Waals surface area contributed by atoms with E-state index in [9.17, 15) is 13.2 Å². The quantitative estimate of drug-likeness (QED) is 0.526. The molecule has 4 rings (SSSR count). The lowest BCUT2D eigenvalue weighted by Gasteiger charge is -2.35. The summed E-state index contributed by atoms with van der Waals surface area (Å²) >= 11 is 12.1. The Morgan fingerprint density at radius 1 is 1.06 bits per heavy atom. The zero-order valence-corrected chi connectivity index (χ0v) is 20.3. The van der Waals surface area contributed by atoms with Gasteiger partial charge in [-0.2, -0.15) is 4.31 Å². The Morgan fingerprint density at radius 3 is 2.39 bits per heavy atom. The van der Waals surface area contributed by atoms with Crippen molar-refractivity contribution in [2.24, 2.45) is 0 Å². The highest BCUT2D eigenvalue weighted by atomic mass is 35.5. The summed E-state index contributed by atoms with van der Waals surface area (Å²) in [6.07, 6.45) is 0.240. The third kappa shape index (κ3) is 4.73. The number of methoxy groups -OCH3 is 1. The lowest BCUT2D eigenvalue weighted by molar-refractivity contribution is -0.120. The van der Waals surface area contributed by atoms with Gasteiger partial charge in [-0.15, -0.1) is 0 Å². The number of fused-ring (bicyclic) bond motifs is 1. The summed E-state index contributed by atoms with van der Waals surface area (Å²) < 4.78 is 33.7. The minimum Gasteiger partial charge on any atom is -0.495 e. The van der Waals surface area contributed by atoms with Crippen molar-refractivity contribution < 1.29 is 17.9 Å². The van der Waals surface area contributed by atoms with Crippen molar-refractivity contribution in [3.8, 4) is 5.75 Å². The predicted octanol–water partition coefficient (Wildman–Crippen LogP) is 5.06. The van der Waals surface area contributed by atoms with Gasteiger partial charge in [0.25, 0.3) is 0 Å². The van der Waals surface area contributed by atoms with Gasteiger partial charge >= 0.3 is 0 Å². The molecule has 0 saturated heterocycles. The first-order valence-corrected chi connectivity index (χ1v) is 12.4. The number of hydrogen-bond acceptors (Lipinski definition) is 4. The second-order valence-corrected chi connectivity index (χ2v) is 10.5. The number of anilines is 1.